The monoisotopic (exact) mass is 343 g/mol. The summed E-state index contributed by atoms with van der Waals surface area (Å²) in [5.41, 5.74) is 7.27. The lowest BCUT2D eigenvalue weighted by molar-refractivity contribution is 0.682. The smallest absolute Gasteiger partial charge is 0.0575 e. The van der Waals surface area contributed by atoms with Crippen LogP contribution in [-0.4, -0.2) is 4.21 Å². The highest BCUT2D eigenvalue weighted by Gasteiger charge is 2.08. The number of hydrogen-bond acceptors (Lipinski definition) is 2. The molecule has 2 nitrogen and oxygen atoms in total. The molecule has 0 saturated carbocycles. The predicted octanol–water partition coefficient (Wildman–Crippen LogP) is 3.99. The minimum Gasteiger partial charge on any atom is -0.398 e. The maximum absolute atomic E-state index is 12.2. The van der Waals surface area contributed by atoms with Crippen LogP contribution in [0.2, 0.25) is 5.02 Å². The highest BCUT2D eigenvalue weighted by molar-refractivity contribution is 9.10. The SMILES string of the molecule is Nc1cc(Cl)ccc1CS(=O)c1cccc(Br)c1. The Balaban J connectivity index is 2.21. The third kappa shape index (κ3) is 3.34. The summed E-state index contributed by atoms with van der Waals surface area (Å²) < 4.78 is 13.1. The average Bonchev–Trinajstić information content (AvgIpc) is 2.32. The van der Waals surface area contributed by atoms with E-state index in [2.05, 4.69) is 15.9 Å². The molecule has 0 heterocycles. The first-order chi connectivity index (χ1) is 8.56. The molecule has 0 aliphatic rings. The van der Waals surface area contributed by atoms with Crippen LogP contribution in [0.25, 0.3) is 0 Å². The summed E-state index contributed by atoms with van der Waals surface area (Å²) in [6, 6.07) is 12.7. The minimum atomic E-state index is -1.11. The molecule has 94 valence electrons. The van der Waals surface area contributed by atoms with Crippen LogP contribution in [0.4, 0.5) is 5.69 Å². The van der Waals surface area contributed by atoms with Crippen LogP contribution in [0.15, 0.2) is 51.8 Å². The van der Waals surface area contributed by atoms with Crippen LogP contribution in [0, 0.1) is 0 Å². The fourth-order valence-electron chi connectivity index (χ4n) is 1.53. The molecule has 0 spiro atoms. The van der Waals surface area contributed by atoms with E-state index in [1.165, 1.54) is 0 Å². The van der Waals surface area contributed by atoms with Crippen molar-refractivity contribution in [3.8, 4) is 0 Å². The Bertz CT molecular complexity index is 603. The predicted molar refractivity (Wildman–Crippen MR) is 80.1 cm³/mol. The molecule has 2 aromatic carbocycles. The number of hydrogen-bond donors (Lipinski definition) is 1. The summed E-state index contributed by atoms with van der Waals surface area (Å²) in [6.45, 7) is 0. The van der Waals surface area contributed by atoms with Gasteiger partial charge in [0.15, 0.2) is 0 Å². The molecular formula is C13H11BrClNOS. The second-order valence-corrected chi connectivity index (χ2v) is 6.59. The molecule has 1 atom stereocenters. The molecular weight excluding hydrogens is 334 g/mol. The van der Waals surface area contributed by atoms with E-state index >= 15 is 0 Å². The first kappa shape index (κ1) is 13.6. The van der Waals surface area contributed by atoms with Crippen molar-refractivity contribution in [2.24, 2.45) is 0 Å². The molecule has 0 aliphatic heterocycles. The highest BCUT2D eigenvalue weighted by Crippen LogP contribution is 2.22. The zero-order chi connectivity index (χ0) is 13.1. The van der Waals surface area contributed by atoms with Gasteiger partial charge in [-0.25, -0.2) is 0 Å². The van der Waals surface area contributed by atoms with Crippen LogP contribution in [-0.2, 0) is 16.6 Å². The van der Waals surface area contributed by atoms with Crippen molar-refractivity contribution in [3.05, 3.63) is 57.5 Å². The largest absolute Gasteiger partial charge is 0.398 e. The molecule has 2 N–H and O–H groups in total. The third-order valence-electron chi connectivity index (χ3n) is 2.45. The van der Waals surface area contributed by atoms with Crippen molar-refractivity contribution in [3.63, 3.8) is 0 Å². The van der Waals surface area contributed by atoms with Crippen LogP contribution < -0.4 is 5.73 Å². The van der Waals surface area contributed by atoms with Crippen molar-refractivity contribution < 1.29 is 4.21 Å². The van der Waals surface area contributed by atoms with Gasteiger partial charge in [0, 0.05) is 20.1 Å². The van der Waals surface area contributed by atoms with Gasteiger partial charge in [0.05, 0.1) is 16.6 Å². The highest BCUT2D eigenvalue weighted by atomic mass is 79.9. The van der Waals surface area contributed by atoms with Crippen molar-refractivity contribution in [1.82, 2.24) is 0 Å². The second kappa shape index (κ2) is 5.87. The molecule has 0 aromatic heterocycles. The summed E-state index contributed by atoms with van der Waals surface area (Å²) in [5, 5.41) is 0.587. The fourth-order valence-corrected chi connectivity index (χ4v) is 3.46. The van der Waals surface area contributed by atoms with Crippen LogP contribution in [0.1, 0.15) is 5.56 Å². The van der Waals surface area contributed by atoms with Crippen LogP contribution in [0.3, 0.4) is 0 Å². The van der Waals surface area contributed by atoms with E-state index in [1.807, 2.05) is 30.3 Å². The van der Waals surface area contributed by atoms with Gasteiger partial charge in [0.25, 0.3) is 0 Å². The molecule has 2 aromatic rings. The lowest BCUT2D eigenvalue weighted by Gasteiger charge is -2.06. The Kier molecular flexibility index (Phi) is 4.43. The standard InChI is InChI=1S/C13H11BrClNOS/c14-10-2-1-3-12(6-10)18(17)8-9-4-5-11(15)7-13(9)16/h1-7H,8,16H2. The van der Waals surface area contributed by atoms with Gasteiger partial charge in [0.2, 0.25) is 0 Å². The quantitative estimate of drug-likeness (QED) is 0.855. The zero-order valence-corrected chi connectivity index (χ0v) is 12.6. The molecule has 5 heteroatoms. The molecule has 0 aliphatic carbocycles. The molecule has 2 rings (SSSR count). The van der Waals surface area contributed by atoms with E-state index < -0.39 is 10.8 Å². The lowest BCUT2D eigenvalue weighted by atomic mass is 10.2. The third-order valence-corrected chi connectivity index (χ3v) is 4.53. The molecule has 0 bridgehead atoms. The Morgan fingerprint density at radius 3 is 2.67 bits per heavy atom. The van der Waals surface area contributed by atoms with Crippen molar-refractivity contribution in [2.45, 2.75) is 10.6 Å². The lowest BCUT2D eigenvalue weighted by Crippen LogP contribution is -2.00. The van der Waals surface area contributed by atoms with E-state index in [9.17, 15) is 4.21 Å². The van der Waals surface area contributed by atoms with Gasteiger partial charge in [0.1, 0.15) is 0 Å². The molecule has 0 radical (unpaired) electrons. The van der Waals surface area contributed by atoms with Gasteiger partial charge in [-0.1, -0.05) is 39.7 Å². The Labute approximate surface area is 122 Å². The maximum Gasteiger partial charge on any atom is 0.0575 e. The number of rotatable bonds is 3. The van der Waals surface area contributed by atoms with Gasteiger partial charge in [-0.3, -0.25) is 4.21 Å². The summed E-state index contributed by atoms with van der Waals surface area (Å²) in [4.78, 5) is 0.777. The maximum atomic E-state index is 12.2. The Morgan fingerprint density at radius 1 is 1.22 bits per heavy atom. The summed E-state index contributed by atoms with van der Waals surface area (Å²) in [5.74, 6) is 0.388. The van der Waals surface area contributed by atoms with E-state index in [4.69, 9.17) is 17.3 Å². The van der Waals surface area contributed by atoms with E-state index in [0.29, 0.717) is 16.5 Å². The molecule has 18 heavy (non-hydrogen) atoms. The molecule has 0 saturated heterocycles. The molecule has 1 unspecified atom stereocenters. The second-order valence-electron chi connectivity index (χ2n) is 3.79. The summed E-state index contributed by atoms with van der Waals surface area (Å²) in [6.07, 6.45) is 0. The first-order valence-corrected chi connectivity index (χ1v) is 7.73. The topological polar surface area (TPSA) is 43.1 Å². The zero-order valence-electron chi connectivity index (χ0n) is 9.40. The number of benzene rings is 2. The Hall–Kier alpha value is -0.840. The van der Waals surface area contributed by atoms with Crippen molar-refractivity contribution in [2.75, 3.05) is 5.73 Å². The van der Waals surface area contributed by atoms with E-state index in [1.54, 1.807) is 12.1 Å². The number of nitrogens with two attached hydrogens (primary N) is 1. The number of nitrogen functional groups attached to an aromatic ring is 1. The van der Waals surface area contributed by atoms with Crippen LogP contribution >= 0.6 is 27.5 Å². The van der Waals surface area contributed by atoms with E-state index in [-0.39, 0.29) is 0 Å². The average molecular weight is 345 g/mol. The van der Waals surface area contributed by atoms with Crippen LogP contribution in [0.5, 0.6) is 0 Å². The van der Waals surface area contributed by atoms with Gasteiger partial charge in [-0.2, -0.15) is 0 Å². The summed E-state index contributed by atoms with van der Waals surface area (Å²) >= 11 is 9.19. The van der Waals surface area contributed by atoms with Crippen molar-refractivity contribution >= 4 is 44.0 Å². The van der Waals surface area contributed by atoms with Crippen molar-refractivity contribution in [1.29, 1.82) is 0 Å². The van der Waals surface area contributed by atoms with Gasteiger partial charge < -0.3 is 5.73 Å². The van der Waals surface area contributed by atoms with Gasteiger partial charge in [-0.15, -0.1) is 0 Å². The first-order valence-electron chi connectivity index (χ1n) is 5.24. The fraction of sp³-hybridized carbons (Fsp3) is 0.0769. The Morgan fingerprint density at radius 2 is 2.00 bits per heavy atom. The van der Waals surface area contributed by atoms with Gasteiger partial charge >= 0.3 is 0 Å². The number of anilines is 1. The minimum absolute atomic E-state index is 0.388. The van der Waals surface area contributed by atoms with Gasteiger partial charge in [-0.05, 0) is 35.9 Å². The summed E-state index contributed by atoms with van der Waals surface area (Å²) in [7, 11) is -1.11. The van der Waals surface area contributed by atoms with E-state index in [0.717, 1.165) is 14.9 Å². The molecule has 0 fully saturated rings. The normalized spacial score (nSPS) is 12.3. The molecule has 0 amide bonds. The number of halogens is 2.